The number of amides is 2. The fourth-order valence-corrected chi connectivity index (χ4v) is 1.72. The summed E-state index contributed by atoms with van der Waals surface area (Å²) in [5, 5.41) is 6.66. The predicted octanol–water partition coefficient (Wildman–Crippen LogP) is -1.19. The molecule has 0 atom stereocenters. The number of anilines is 1. The Bertz CT molecular complexity index is 428. The van der Waals surface area contributed by atoms with Crippen LogP contribution in [0.5, 0.6) is 0 Å². The number of hydrogen-bond acceptors (Lipinski definition) is 4. The lowest BCUT2D eigenvalue weighted by atomic mass is 10.4. The zero-order valence-electron chi connectivity index (χ0n) is 9.43. The number of carbonyl (C=O) groups excluding carboxylic acids is 2. The third-order valence-corrected chi connectivity index (χ3v) is 2.57. The van der Waals surface area contributed by atoms with Gasteiger partial charge in [-0.3, -0.25) is 14.3 Å². The first-order valence-electron chi connectivity index (χ1n) is 5.48. The van der Waals surface area contributed by atoms with Gasteiger partial charge in [-0.1, -0.05) is 0 Å². The van der Waals surface area contributed by atoms with Crippen molar-refractivity contribution in [2.45, 2.75) is 13.0 Å². The third-order valence-electron chi connectivity index (χ3n) is 2.57. The van der Waals surface area contributed by atoms with Crippen molar-refractivity contribution < 1.29 is 9.59 Å². The van der Waals surface area contributed by atoms with Gasteiger partial charge in [-0.25, -0.2) is 0 Å². The molecule has 7 nitrogen and oxygen atoms in total. The average molecular weight is 237 g/mol. The molecule has 0 aromatic carbocycles. The smallest absolute Gasteiger partial charge is 0.244 e. The SMILES string of the molecule is Nc1ccn(CC(=O)N2CCCNC(=O)C2)n1. The Hall–Kier alpha value is -2.05. The van der Waals surface area contributed by atoms with Gasteiger partial charge in [0.05, 0.1) is 6.54 Å². The molecule has 1 aliphatic heterocycles. The average Bonchev–Trinajstić information content (AvgIpc) is 2.56. The first kappa shape index (κ1) is 11.4. The van der Waals surface area contributed by atoms with Crippen LogP contribution >= 0.6 is 0 Å². The van der Waals surface area contributed by atoms with E-state index in [9.17, 15) is 9.59 Å². The minimum absolute atomic E-state index is 0.115. The molecule has 2 rings (SSSR count). The van der Waals surface area contributed by atoms with Crippen LogP contribution in [0, 0.1) is 0 Å². The van der Waals surface area contributed by atoms with Crippen molar-refractivity contribution in [1.29, 1.82) is 0 Å². The van der Waals surface area contributed by atoms with Gasteiger partial charge in [-0.05, 0) is 12.5 Å². The zero-order chi connectivity index (χ0) is 12.3. The van der Waals surface area contributed by atoms with Crippen molar-refractivity contribution >= 4 is 17.6 Å². The second-order valence-electron chi connectivity index (χ2n) is 3.96. The maximum absolute atomic E-state index is 11.9. The van der Waals surface area contributed by atoms with Crippen molar-refractivity contribution in [1.82, 2.24) is 20.0 Å². The summed E-state index contributed by atoms with van der Waals surface area (Å²) in [7, 11) is 0. The maximum Gasteiger partial charge on any atom is 0.244 e. The molecule has 1 aliphatic rings. The monoisotopic (exact) mass is 237 g/mol. The fraction of sp³-hybridized carbons (Fsp3) is 0.500. The molecule has 0 spiro atoms. The molecule has 92 valence electrons. The van der Waals surface area contributed by atoms with Crippen LogP contribution in [0.3, 0.4) is 0 Å². The molecular formula is C10H15N5O2. The van der Waals surface area contributed by atoms with Gasteiger partial charge in [0.25, 0.3) is 0 Å². The van der Waals surface area contributed by atoms with Crippen molar-refractivity contribution in [3.05, 3.63) is 12.3 Å². The third kappa shape index (κ3) is 2.96. The van der Waals surface area contributed by atoms with Crippen molar-refractivity contribution in [3.63, 3.8) is 0 Å². The molecule has 2 heterocycles. The summed E-state index contributed by atoms with van der Waals surface area (Å²) in [4.78, 5) is 24.8. The first-order chi connectivity index (χ1) is 8.15. The summed E-state index contributed by atoms with van der Waals surface area (Å²) in [5.74, 6) is 0.146. The number of carbonyl (C=O) groups is 2. The summed E-state index contributed by atoms with van der Waals surface area (Å²) in [6, 6.07) is 1.63. The van der Waals surface area contributed by atoms with E-state index >= 15 is 0 Å². The Labute approximate surface area is 98.6 Å². The van der Waals surface area contributed by atoms with Crippen LogP contribution in [0.15, 0.2) is 12.3 Å². The van der Waals surface area contributed by atoms with Gasteiger partial charge in [0.2, 0.25) is 11.8 Å². The van der Waals surface area contributed by atoms with Gasteiger partial charge in [-0.2, -0.15) is 5.10 Å². The Balaban J connectivity index is 1.96. The van der Waals surface area contributed by atoms with Gasteiger partial charge in [0.1, 0.15) is 12.4 Å². The highest BCUT2D eigenvalue weighted by Gasteiger charge is 2.19. The lowest BCUT2D eigenvalue weighted by Gasteiger charge is -2.18. The molecule has 1 aromatic heterocycles. The number of nitrogens with two attached hydrogens (primary N) is 1. The van der Waals surface area contributed by atoms with E-state index in [1.165, 1.54) is 4.68 Å². The molecule has 3 N–H and O–H groups in total. The van der Waals surface area contributed by atoms with Crippen molar-refractivity contribution in [2.75, 3.05) is 25.4 Å². The summed E-state index contributed by atoms with van der Waals surface area (Å²) >= 11 is 0. The minimum Gasteiger partial charge on any atom is -0.382 e. The van der Waals surface area contributed by atoms with Gasteiger partial charge in [-0.15, -0.1) is 0 Å². The highest BCUT2D eigenvalue weighted by Crippen LogP contribution is 2.01. The van der Waals surface area contributed by atoms with Gasteiger partial charge < -0.3 is 16.0 Å². The molecule has 0 aliphatic carbocycles. The van der Waals surface area contributed by atoms with E-state index in [1.807, 2.05) is 0 Å². The number of aromatic nitrogens is 2. The fourth-order valence-electron chi connectivity index (χ4n) is 1.72. The van der Waals surface area contributed by atoms with Gasteiger partial charge >= 0.3 is 0 Å². The quantitative estimate of drug-likeness (QED) is 0.676. The highest BCUT2D eigenvalue weighted by molar-refractivity contribution is 5.85. The minimum atomic E-state index is -0.120. The van der Waals surface area contributed by atoms with Crippen LogP contribution in [-0.4, -0.2) is 46.1 Å². The van der Waals surface area contributed by atoms with E-state index < -0.39 is 0 Å². The zero-order valence-corrected chi connectivity index (χ0v) is 9.43. The molecule has 1 saturated heterocycles. The summed E-state index contributed by atoms with van der Waals surface area (Å²) < 4.78 is 1.47. The predicted molar refractivity (Wildman–Crippen MR) is 60.8 cm³/mol. The molecule has 0 unspecified atom stereocenters. The van der Waals surface area contributed by atoms with E-state index in [0.717, 1.165) is 6.42 Å². The van der Waals surface area contributed by atoms with Crippen LogP contribution in [0.2, 0.25) is 0 Å². The highest BCUT2D eigenvalue weighted by atomic mass is 16.2. The summed E-state index contributed by atoms with van der Waals surface area (Å²) in [6.45, 7) is 1.45. The van der Waals surface area contributed by atoms with Crippen molar-refractivity contribution in [2.24, 2.45) is 0 Å². The molecular weight excluding hydrogens is 222 g/mol. The van der Waals surface area contributed by atoms with E-state index in [-0.39, 0.29) is 24.9 Å². The standard InChI is InChI=1S/C10H15N5O2/c11-8-2-5-15(13-8)7-10(17)14-4-1-3-12-9(16)6-14/h2,5H,1,3-4,6-7H2,(H2,11,13)(H,12,16). The molecule has 2 amide bonds. The maximum atomic E-state index is 11.9. The van der Waals surface area contributed by atoms with Gasteiger partial charge in [0.15, 0.2) is 0 Å². The Morgan fingerprint density at radius 1 is 1.59 bits per heavy atom. The van der Waals surface area contributed by atoms with Crippen LogP contribution < -0.4 is 11.1 Å². The molecule has 0 radical (unpaired) electrons. The number of rotatable bonds is 2. The summed E-state index contributed by atoms with van der Waals surface area (Å²) in [6.07, 6.45) is 2.42. The lowest BCUT2D eigenvalue weighted by Crippen LogP contribution is -2.39. The lowest BCUT2D eigenvalue weighted by molar-refractivity contribution is -0.135. The van der Waals surface area contributed by atoms with Crippen LogP contribution in [0.4, 0.5) is 5.82 Å². The Morgan fingerprint density at radius 2 is 2.41 bits per heavy atom. The first-order valence-corrected chi connectivity index (χ1v) is 5.48. The molecule has 1 aromatic rings. The van der Waals surface area contributed by atoms with Crippen LogP contribution in [0.1, 0.15) is 6.42 Å². The Morgan fingerprint density at radius 3 is 3.12 bits per heavy atom. The number of hydrogen-bond donors (Lipinski definition) is 2. The van der Waals surface area contributed by atoms with E-state index in [0.29, 0.717) is 18.9 Å². The topological polar surface area (TPSA) is 93.2 Å². The van der Waals surface area contributed by atoms with E-state index in [4.69, 9.17) is 5.73 Å². The Kier molecular flexibility index (Phi) is 3.27. The summed E-state index contributed by atoms with van der Waals surface area (Å²) in [5.41, 5.74) is 5.46. The second kappa shape index (κ2) is 4.86. The molecule has 17 heavy (non-hydrogen) atoms. The number of nitrogens with zero attached hydrogens (tertiary/aromatic N) is 3. The molecule has 0 bridgehead atoms. The van der Waals surface area contributed by atoms with E-state index in [2.05, 4.69) is 10.4 Å². The van der Waals surface area contributed by atoms with E-state index in [1.54, 1.807) is 17.2 Å². The van der Waals surface area contributed by atoms with Crippen LogP contribution in [-0.2, 0) is 16.1 Å². The molecule has 7 heteroatoms. The van der Waals surface area contributed by atoms with Crippen molar-refractivity contribution in [3.8, 4) is 0 Å². The number of nitrogen functional groups attached to an aromatic ring is 1. The largest absolute Gasteiger partial charge is 0.382 e. The molecule has 0 saturated carbocycles. The number of nitrogens with one attached hydrogen (secondary N) is 1. The van der Waals surface area contributed by atoms with Gasteiger partial charge in [0, 0.05) is 19.3 Å². The van der Waals surface area contributed by atoms with Crippen LogP contribution in [0.25, 0.3) is 0 Å². The molecule has 1 fully saturated rings. The second-order valence-corrected chi connectivity index (χ2v) is 3.96. The normalized spacial score (nSPS) is 16.5.